The molecule has 0 N–H and O–H groups in total. The summed E-state index contributed by atoms with van der Waals surface area (Å²) in [5.41, 5.74) is 9.12. The lowest BCUT2D eigenvalue weighted by Crippen LogP contribution is -2.04. The van der Waals surface area contributed by atoms with Crippen LogP contribution in [-0.2, 0) is 0 Å². The molecule has 4 aromatic carbocycles. The highest BCUT2D eigenvalue weighted by molar-refractivity contribution is 14.2. The third-order valence-corrected chi connectivity index (χ3v) is 7.55. The summed E-state index contributed by atoms with van der Waals surface area (Å²) < 4.78 is 4.76. The topological polar surface area (TPSA) is 0 Å². The van der Waals surface area contributed by atoms with E-state index in [2.05, 4.69) is 129 Å². The summed E-state index contributed by atoms with van der Waals surface area (Å²) in [6, 6.07) is 39.4. The van der Waals surface area contributed by atoms with E-state index in [1.807, 2.05) is 0 Å². The largest absolute Gasteiger partial charge is 0.0934 e. The molecule has 1 heteroatoms. The molecule has 0 bridgehead atoms. The predicted octanol–water partition coefficient (Wildman–Crippen LogP) is 8.38. The van der Waals surface area contributed by atoms with Gasteiger partial charge in [0.15, 0.2) is 0 Å². The Morgan fingerprint density at radius 3 is 1.74 bits per heavy atom. The van der Waals surface area contributed by atoms with Crippen LogP contribution in [0.3, 0.4) is 0 Å². The second-order valence-corrected chi connectivity index (χ2v) is 9.69. The molecule has 0 saturated carbocycles. The molecule has 0 aromatic heterocycles. The molecular weight excluding hydrogens is 487 g/mol. The van der Waals surface area contributed by atoms with Crippen LogP contribution in [0.15, 0.2) is 131 Å². The third-order valence-electron chi connectivity index (χ3n) is 5.64. The molecule has 1 atom stereocenters. The van der Waals surface area contributed by atoms with Gasteiger partial charge in [-0.15, -0.1) is 0 Å². The lowest BCUT2D eigenvalue weighted by molar-refractivity contribution is 0.982. The number of hydrogen-bond donors (Lipinski definition) is 0. The number of benzene rings is 4. The van der Waals surface area contributed by atoms with Crippen LogP contribution in [0, 0.1) is 0 Å². The summed E-state index contributed by atoms with van der Waals surface area (Å²) in [7, 11) is 0. The minimum absolute atomic E-state index is 0.0137. The lowest BCUT2D eigenvalue weighted by Gasteiger charge is -2.20. The first-order chi connectivity index (χ1) is 15.4. The van der Waals surface area contributed by atoms with Crippen molar-refractivity contribution in [3.05, 3.63) is 142 Å². The van der Waals surface area contributed by atoms with Crippen molar-refractivity contribution in [3.8, 4) is 22.3 Å². The molecule has 1 heterocycles. The van der Waals surface area contributed by atoms with Crippen LogP contribution in [0.5, 0.6) is 0 Å². The van der Waals surface area contributed by atoms with Crippen molar-refractivity contribution in [1.82, 2.24) is 0 Å². The fourth-order valence-electron chi connectivity index (χ4n) is 4.09. The fourth-order valence-corrected chi connectivity index (χ4v) is 5.73. The summed E-state index contributed by atoms with van der Waals surface area (Å²) in [5, 5.41) is 0. The Kier molecular flexibility index (Phi) is 6.03. The number of hydrogen-bond acceptors (Lipinski definition) is 0. The maximum Gasteiger partial charge on any atom is 0.0344 e. The van der Waals surface area contributed by atoms with E-state index in [0.29, 0.717) is 0 Å². The lowest BCUT2D eigenvalue weighted by atomic mass is 9.84. The number of allylic oxidation sites excluding steroid dienone is 3. The average Bonchev–Trinajstić information content (AvgIpc) is 2.87. The number of halogens is 1. The zero-order valence-electron chi connectivity index (χ0n) is 17.2. The van der Waals surface area contributed by atoms with Crippen LogP contribution in [0.25, 0.3) is 22.3 Å². The van der Waals surface area contributed by atoms with Gasteiger partial charge in [-0.3, -0.25) is 0 Å². The highest BCUT2D eigenvalue weighted by atomic mass is 127. The molecule has 150 valence electrons. The van der Waals surface area contributed by atoms with Crippen molar-refractivity contribution >= 4 is 24.7 Å². The van der Waals surface area contributed by atoms with Crippen LogP contribution < -0.4 is 0 Å². The van der Waals surface area contributed by atoms with Crippen molar-refractivity contribution in [1.29, 1.82) is 0 Å². The summed E-state index contributed by atoms with van der Waals surface area (Å²) in [5.74, 6) is 0.288. The predicted molar refractivity (Wildman–Crippen MR) is 143 cm³/mol. The SMILES string of the molecule is C1=CC(C(c2ccccc2)c2ccc(-c3cccc(-c4ccccc4)c3)cc2)=CI=C1. The zero-order valence-corrected chi connectivity index (χ0v) is 19.3. The monoisotopic (exact) mass is 510 g/mol. The van der Waals surface area contributed by atoms with Crippen LogP contribution in [0.2, 0.25) is 0 Å². The molecule has 4 aromatic rings. The van der Waals surface area contributed by atoms with Crippen LogP contribution >= 0.6 is 20.7 Å². The Labute approximate surface area is 194 Å². The van der Waals surface area contributed by atoms with E-state index in [-0.39, 0.29) is 26.6 Å². The highest BCUT2D eigenvalue weighted by Gasteiger charge is 2.18. The molecule has 0 radical (unpaired) electrons. The van der Waals surface area contributed by atoms with Crippen molar-refractivity contribution in [3.63, 3.8) is 0 Å². The molecule has 31 heavy (non-hydrogen) atoms. The van der Waals surface area contributed by atoms with Gasteiger partial charge in [0.25, 0.3) is 0 Å². The van der Waals surface area contributed by atoms with Crippen molar-refractivity contribution < 1.29 is 0 Å². The van der Waals surface area contributed by atoms with E-state index in [1.165, 1.54) is 39.0 Å². The van der Waals surface area contributed by atoms with E-state index in [0.717, 1.165) is 0 Å². The van der Waals surface area contributed by atoms with Gasteiger partial charge in [-0.25, -0.2) is 0 Å². The van der Waals surface area contributed by atoms with E-state index in [4.69, 9.17) is 0 Å². The second-order valence-electron chi connectivity index (χ2n) is 7.63. The standard InChI is InChI=1S/C30H23I/c1-3-9-23(10-4-1)27-13-7-14-28(21-27)24-16-18-26(19-17-24)30(25-11-5-2-6-12-25)29-15-8-20-31-22-29/h1-22,30H. The normalized spacial score (nSPS) is 13.9. The van der Waals surface area contributed by atoms with E-state index in [1.54, 1.807) is 0 Å². The fraction of sp³-hybridized carbons (Fsp3) is 0.0333. The van der Waals surface area contributed by atoms with Gasteiger partial charge < -0.3 is 0 Å². The van der Waals surface area contributed by atoms with Gasteiger partial charge in [0.1, 0.15) is 0 Å². The molecular formula is C30H23I. The van der Waals surface area contributed by atoms with E-state index < -0.39 is 0 Å². The summed E-state index contributed by atoms with van der Waals surface area (Å²) in [6.07, 6.45) is 4.50. The molecule has 0 spiro atoms. The van der Waals surface area contributed by atoms with Gasteiger partial charge in [0.05, 0.1) is 0 Å². The Morgan fingerprint density at radius 2 is 1.10 bits per heavy atom. The smallest absolute Gasteiger partial charge is 0.0344 e. The maximum absolute atomic E-state index is 2.45. The second kappa shape index (κ2) is 9.40. The Balaban J connectivity index is 1.50. The molecule has 1 aliphatic rings. The molecule has 0 fully saturated rings. The molecule has 0 amide bonds. The van der Waals surface area contributed by atoms with Crippen LogP contribution in [0.1, 0.15) is 17.0 Å². The molecule has 0 aliphatic carbocycles. The van der Waals surface area contributed by atoms with Gasteiger partial charge in [0, 0.05) is 5.92 Å². The Bertz CT molecular complexity index is 1250. The highest BCUT2D eigenvalue weighted by Crippen LogP contribution is 2.36. The van der Waals surface area contributed by atoms with E-state index in [9.17, 15) is 0 Å². The van der Waals surface area contributed by atoms with Gasteiger partial charge >= 0.3 is 0 Å². The Morgan fingerprint density at radius 1 is 0.516 bits per heavy atom. The van der Waals surface area contributed by atoms with E-state index >= 15 is 0 Å². The summed E-state index contributed by atoms with van der Waals surface area (Å²) in [6.45, 7) is 0. The first kappa shape index (κ1) is 19.9. The minimum Gasteiger partial charge on any atom is -0.0934 e. The quantitative estimate of drug-likeness (QED) is 0.237. The molecule has 0 nitrogen and oxygen atoms in total. The minimum atomic E-state index is 0.0137. The first-order valence-electron chi connectivity index (χ1n) is 10.5. The molecule has 1 aliphatic heterocycles. The maximum atomic E-state index is 2.45. The van der Waals surface area contributed by atoms with Crippen LogP contribution in [-0.4, -0.2) is 4.01 Å². The van der Waals surface area contributed by atoms with Gasteiger partial charge in [-0.05, 0) is 53.1 Å². The Hall–Kier alpha value is -3.04. The van der Waals surface area contributed by atoms with Gasteiger partial charge in [0.2, 0.25) is 0 Å². The van der Waals surface area contributed by atoms with Crippen molar-refractivity contribution in [2.24, 2.45) is 0 Å². The summed E-state index contributed by atoms with van der Waals surface area (Å²) in [4.78, 5) is 0. The van der Waals surface area contributed by atoms with Gasteiger partial charge in [-0.1, -0.05) is 136 Å². The average molecular weight is 510 g/mol. The zero-order chi connectivity index (χ0) is 20.9. The van der Waals surface area contributed by atoms with Crippen LogP contribution in [0.4, 0.5) is 0 Å². The third kappa shape index (κ3) is 4.52. The van der Waals surface area contributed by atoms with Crippen molar-refractivity contribution in [2.75, 3.05) is 0 Å². The number of rotatable bonds is 5. The summed E-state index contributed by atoms with van der Waals surface area (Å²) >= 11 is 0.0137. The first-order valence-corrected chi connectivity index (χ1v) is 13.0. The van der Waals surface area contributed by atoms with Gasteiger partial charge in [-0.2, -0.15) is 0 Å². The van der Waals surface area contributed by atoms with Crippen molar-refractivity contribution in [2.45, 2.75) is 5.92 Å². The molecule has 0 saturated heterocycles. The molecule has 5 rings (SSSR count). The molecule has 1 unspecified atom stereocenters.